The molecule has 2 aromatic carbocycles. The van der Waals surface area contributed by atoms with E-state index in [1.807, 2.05) is 0 Å². The van der Waals surface area contributed by atoms with E-state index in [1.54, 1.807) is 76.2 Å². The van der Waals surface area contributed by atoms with Crippen LogP contribution in [0, 0.1) is 0 Å². The molecule has 0 unspecified atom stereocenters. The van der Waals surface area contributed by atoms with Crippen LogP contribution in [0.3, 0.4) is 0 Å². The summed E-state index contributed by atoms with van der Waals surface area (Å²) in [5, 5.41) is 7.13. The van der Waals surface area contributed by atoms with Gasteiger partial charge in [-0.2, -0.15) is 10.2 Å². The first-order chi connectivity index (χ1) is 17.5. The Labute approximate surface area is 219 Å². The fourth-order valence-electron chi connectivity index (χ4n) is 2.88. The lowest BCUT2D eigenvalue weighted by Gasteiger charge is -2.15. The van der Waals surface area contributed by atoms with Crippen molar-refractivity contribution in [2.45, 2.75) is 52.0 Å². The van der Waals surface area contributed by atoms with Crippen LogP contribution in [-0.2, 0) is 19.2 Å². The highest BCUT2D eigenvalue weighted by molar-refractivity contribution is 8.01. The molecular weight excluding hydrogens is 496 g/mol. The Morgan fingerprint density at radius 1 is 0.649 bits per heavy atom. The SMILES string of the molecule is CC(=O)Oc1ccc(/C(C)=N\NC(=O)[C@H](C)S[C@@H](C)C(=O)N/N=C(\C)c2ccc(OC(C)=O)cc2)cc1. The van der Waals surface area contributed by atoms with Crippen LogP contribution in [0.15, 0.2) is 58.7 Å². The molecule has 0 radical (unpaired) electrons. The van der Waals surface area contributed by atoms with Gasteiger partial charge in [-0.3, -0.25) is 19.2 Å². The van der Waals surface area contributed by atoms with Crippen LogP contribution >= 0.6 is 11.8 Å². The number of esters is 2. The van der Waals surface area contributed by atoms with Crippen LogP contribution in [0.25, 0.3) is 0 Å². The molecule has 0 heterocycles. The smallest absolute Gasteiger partial charge is 0.308 e. The fourth-order valence-corrected chi connectivity index (χ4v) is 3.84. The standard InChI is InChI=1S/C26H30N4O6S/c1-15(21-7-11-23(12-8-21)35-19(5)31)27-29-25(33)17(3)37-18(4)26(34)30-28-16(2)22-9-13-24(14-10-22)36-20(6)32/h7-14,17-18H,1-6H3,(H,29,33)(H,30,34)/b27-15-,28-16+/t17-,18-/m0/s1. The highest BCUT2D eigenvalue weighted by Crippen LogP contribution is 2.18. The van der Waals surface area contributed by atoms with E-state index in [2.05, 4.69) is 21.1 Å². The van der Waals surface area contributed by atoms with Crippen molar-refractivity contribution in [1.82, 2.24) is 10.9 Å². The number of amides is 2. The number of rotatable bonds is 10. The molecule has 2 rings (SSSR count). The zero-order valence-corrected chi connectivity index (χ0v) is 22.3. The summed E-state index contributed by atoms with van der Waals surface area (Å²) in [6.45, 7) is 9.48. The van der Waals surface area contributed by atoms with Crippen molar-refractivity contribution >= 4 is 46.9 Å². The number of hydrogen-bond acceptors (Lipinski definition) is 9. The first kappa shape index (κ1) is 29.2. The maximum atomic E-state index is 12.5. The second-order valence-electron chi connectivity index (χ2n) is 8.00. The minimum Gasteiger partial charge on any atom is -0.427 e. The van der Waals surface area contributed by atoms with Crippen LogP contribution in [0.4, 0.5) is 0 Å². The average molecular weight is 527 g/mol. The zero-order chi connectivity index (χ0) is 27.5. The number of hydrazone groups is 2. The minimum absolute atomic E-state index is 0.354. The normalized spacial score (nSPS) is 13.2. The highest BCUT2D eigenvalue weighted by Gasteiger charge is 2.21. The second-order valence-corrected chi connectivity index (χ2v) is 9.69. The summed E-state index contributed by atoms with van der Waals surface area (Å²) >= 11 is 1.17. The van der Waals surface area contributed by atoms with Crippen molar-refractivity contribution in [3.63, 3.8) is 0 Å². The Morgan fingerprint density at radius 3 is 1.27 bits per heavy atom. The molecule has 2 N–H and O–H groups in total. The summed E-state index contributed by atoms with van der Waals surface area (Å²) in [4.78, 5) is 47.0. The van der Waals surface area contributed by atoms with Gasteiger partial charge >= 0.3 is 11.9 Å². The maximum absolute atomic E-state index is 12.5. The fraction of sp³-hybridized carbons (Fsp3) is 0.308. The van der Waals surface area contributed by atoms with E-state index >= 15 is 0 Å². The predicted octanol–water partition coefficient (Wildman–Crippen LogP) is 3.43. The molecule has 2 amide bonds. The molecule has 37 heavy (non-hydrogen) atoms. The van der Waals surface area contributed by atoms with E-state index in [1.165, 1.54) is 25.6 Å². The summed E-state index contributed by atoms with van der Waals surface area (Å²) in [6.07, 6.45) is 0. The van der Waals surface area contributed by atoms with Gasteiger partial charge in [-0.05, 0) is 87.4 Å². The summed E-state index contributed by atoms with van der Waals surface area (Å²) < 4.78 is 9.99. The van der Waals surface area contributed by atoms with E-state index in [0.717, 1.165) is 11.1 Å². The van der Waals surface area contributed by atoms with Crippen molar-refractivity contribution in [2.75, 3.05) is 0 Å². The van der Waals surface area contributed by atoms with Gasteiger partial charge in [0.2, 0.25) is 0 Å². The summed E-state index contributed by atoms with van der Waals surface area (Å²) in [6, 6.07) is 13.5. The van der Waals surface area contributed by atoms with Gasteiger partial charge < -0.3 is 9.47 Å². The van der Waals surface area contributed by atoms with Crippen LogP contribution in [0.1, 0.15) is 52.7 Å². The third-order valence-corrected chi connectivity index (χ3v) is 6.13. The lowest BCUT2D eigenvalue weighted by molar-refractivity contribution is -0.132. The number of carbonyl (C=O) groups is 4. The predicted molar refractivity (Wildman–Crippen MR) is 143 cm³/mol. The third-order valence-electron chi connectivity index (χ3n) is 4.88. The Hall–Kier alpha value is -3.99. The molecule has 10 nitrogen and oxygen atoms in total. The van der Waals surface area contributed by atoms with Gasteiger partial charge in [0.15, 0.2) is 0 Å². The Kier molecular flexibility index (Phi) is 11.0. The molecule has 0 aromatic heterocycles. The molecule has 0 fully saturated rings. The van der Waals surface area contributed by atoms with Crippen molar-refractivity contribution in [2.24, 2.45) is 10.2 Å². The summed E-state index contributed by atoms with van der Waals surface area (Å²) in [5.74, 6) is -0.687. The molecular formula is C26H30N4O6S. The van der Waals surface area contributed by atoms with E-state index in [4.69, 9.17) is 9.47 Å². The van der Waals surface area contributed by atoms with Gasteiger partial charge in [-0.15, -0.1) is 11.8 Å². The number of benzene rings is 2. The van der Waals surface area contributed by atoms with Crippen molar-refractivity contribution in [3.05, 3.63) is 59.7 Å². The van der Waals surface area contributed by atoms with Gasteiger partial charge in [-0.1, -0.05) is 0 Å². The van der Waals surface area contributed by atoms with E-state index in [-0.39, 0.29) is 11.8 Å². The van der Waals surface area contributed by atoms with Crippen LogP contribution in [-0.4, -0.2) is 45.7 Å². The Morgan fingerprint density at radius 2 is 0.973 bits per heavy atom. The van der Waals surface area contributed by atoms with Gasteiger partial charge in [-0.25, -0.2) is 10.9 Å². The molecule has 0 aliphatic rings. The molecule has 2 atom stereocenters. The Balaban J connectivity index is 1.86. The molecule has 0 aliphatic heterocycles. The Bertz CT molecular complexity index is 1100. The van der Waals surface area contributed by atoms with Crippen molar-refractivity contribution in [1.29, 1.82) is 0 Å². The molecule has 2 aromatic rings. The van der Waals surface area contributed by atoms with E-state index < -0.39 is 22.4 Å². The molecule has 196 valence electrons. The molecule has 0 spiro atoms. The first-order valence-electron chi connectivity index (χ1n) is 11.4. The second kappa shape index (κ2) is 13.9. The monoisotopic (exact) mass is 526 g/mol. The van der Waals surface area contributed by atoms with Gasteiger partial charge in [0.25, 0.3) is 11.8 Å². The lowest BCUT2D eigenvalue weighted by atomic mass is 10.1. The van der Waals surface area contributed by atoms with E-state index in [0.29, 0.717) is 22.9 Å². The topological polar surface area (TPSA) is 136 Å². The van der Waals surface area contributed by atoms with Crippen LogP contribution < -0.4 is 20.3 Å². The van der Waals surface area contributed by atoms with Crippen LogP contribution in [0.5, 0.6) is 11.5 Å². The number of carbonyl (C=O) groups excluding carboxylic acids is 4. The van der Waals surface area contributed by atoms with Crippen molar-refractivity contribution in [3.8, 4) is 11.5 Å². The maximum Gasteiger partial charge on any atom is 0.308 e. The molecule has 0 saturated carbocycles. The highest BCUT2D eigenvalue weighted by atomic mass is 32.2. The molecule has 0 bridgehead atoms. The number of nitrogens with one attached hydrogen (secondary N) is 2. The minimum atomic E-state index is -0.553. The quantitative estimate of drug-likeness (QED) is 0.210. The van der Waals surface area contributed by atoms with Gasteiger partial charge in [0, 0.05) is 13.8 Å². The van der Waals surface area contributed by atoms with Crippen LogP contribution in [0.2, 0.25) is 0 Å². The molecule has 11 heteroatoms. The third kappa shape index (κ3) is 9.88. The van der Waals surface area contributed by atoms with Gasteiger partial charge in [0.05, 0.1) is 21.9 Å². The number of nitrogens with zero attached hydrogens (tertiary/aromatic N) is 2. The lowest BCUT2D eigenvalue weighted by Crippen LogP contribution is -2.33. The molecule has 0 aliphatic carbocycles. The first-order valence-corrected chi connectivity index (χ1v) is 12.3. The summed E-state index contributed by atoms with van der Waals surface area (Å²) in [5.41, 5.74) is 7.65. The number of ether oxygens (including phenoxy) is 2. The molecule has 0 saturated heterocycles. The number of thioether (sulfide) groups is 1. The van der Waals surface area contributed by atoms with Crippen molar-refractivity contribution < 1.29 is 28.7 Å². The largest absolute Gasteiger partial charge is 0.427 e. The number of hydrogen-bond donors (Lipinski definition) is 2. The average Bonchev–Trinajstić information content (AvgIpc) is 2.85. The van der Waals surface area contributed by atoms with E-state index in [9.17, 15) is 19.2 Å². The zero-order valence-electron chi connectivity index (χ0n) is 21.5. The summed E-state index contributed by atoms with van der Waals surface area (Å²) in [7, 11) is 0. The van der Waals surface area contributed by atoms with Gasteiger partial charge in [0.1, 0.15) is 11.5 Å².